The van der Waals surface area contributed by atoms with Crippen LogP contribution in [0.2, 0.25) is 0 Å². The first-order valence-electron chi connectivity index (χ1n) is 4.45. The lowest BCUT2D eigenvalue weighted by molar-refractivity contribution is 0.235. The van der Waals surface area contributed by atoms with Crippen LogP contribution in [0.3, 0.4) is 0 Å². The van der Waals surface area contributed by atoms with Crippen LogP contribution < -0.4 is 10.9 Å². The van der Waals surface area contributed by atoms with E-state index >= 15 is 0 Å². The molecule has 0 aromatic heterocycles. The molecule has 0 saturated carbocycles. The zero-order chi connectivity index (χ0) is 12.0. The Labute approximate surface area is 93.4 Å². The molecule has 1 aromatic carbocycles. The van der Waals surface area contributed by atoms with E-state index in [1.807, 2.05) is 6.07 Å². The van der Waals surface area contributed by atoms with Gasteiger partial charge in [0.25, 0.3) is 0 Å². The number of nitrogens with one attached hydrogen (secondary N) is 2. The number of hydrogen-bond acceptors (Lipinski definition) is 5. The average Bonchev–Trinajstić information content (AvgIpc) is 2.36. The first-order chi connectivity index (χ1) is 7.62. The zero-order valence-corrected chi connectivity index (χ0v) is 9.86. The quantitative estimate of drug-likeness (QED) is 0.613. The molecule has 2 N–H and O–H groups in total. The number of rotatable bonds is 5. The minimum atomic E-state index is -3.72. The molecule has 0 aliphatic rings. The summed E-state index contributed by atoms with van der Waals surface area (Å²) in [5, 5.41) is 0. The monoisotopic (exact) mass is 244 g/mol. The van der Waals surface area contributed by atoms with Crippen molar-refractivity contribution in [2.75, 3.05) is 19.6 Å². The van der Waals surface area contributed by atoms with Gasteiger partial charge in [0.05, 0.1) is 5.69 Å². The van der Waals surface area contributed by atoms with Gasteiger partial charge in [-0.2, -0.15) is 0 Å². The van der Waals surface area contributed by atoms with Crippen molar-refractivity contribution < 1.29 is 18.4 Å². The van der Waals surface area contributed by atoms with Gasteiger partial charge >= 0.3 is 13.2 Å². The van der Waals surface area contributed by atoms with Gasteiger partial charge in [0.2, 0.25) is 0 Å². The maximum absolute atomic E-state index is 11.6. The lowest BCUT2D eigenvalue weighted by atomic mass is 10.3. The van der Waals surface area contributed by atoms with Crippen molar-refractivity contribution in [3.8, 4) is 0 Å². The van der Waals surface area contributed by atoms with Gasteiger partial charge in [0.1, 0.15) is 0 Å². The number of carbonyl (C=O) groups is 1. The van der Waals surface area contributed by atoms with Crippen LogP contribution in [0.15, 0.2) is 30.3 Å². The van der Waals surface area contributed by atoms with E-state index in [1.54, 1.807) is 24.3 Å². The molecular weight excluding hydrogens is 231 g/mol. The summed E-state index contributed by atoms with van der Waals surface area (Å²) in [6, 6.07) is 8.90. The van der Waals surface area contributed by atoms with Crippen molar-refractivity contribution in [1.82, 2.24) is 5.43 Å². The van der Waals surface area contributed by atoms with Gasteiger partial charge < -0.3 is 9.05 Å². The fourth-order valence-corrected chi connectivity index (χ4v) is 1.63. The third-order valence-corrected chi connectivity index (χ3v) is 3.39. The first-order valence-corrected chi connectivity index (χ1v) is 6.00. The molecule has 88 valence electrons. The predicted octanol–water partition coefficient (Wildman–Crippen LogP) is 2.21. The van der Waals surface area contributed by atoms with E-state index in [2.05, 4.69) is 19.9 Å². The molecule has 0 fully saturated rings. The average molecular weight is 244 g/mol. The summed E-state index contributed by atoms with van der Waals surface area (Å²) in [5.41, 5.74) is 4.64. The molecule has 1 amide bonds. The molecule has 16 heavy (non-hydrogen) atoms. The second kappa shape index (κ2) is 5.65. The van der Waals surface area contributed by atoms with Crippen molar-refractivity contribution in [3.05, 3.63) is 30.3 Å². The predicted molar refractivity (Wildman–Crippen MR) is 60.2 cm³/mol. The van der Waals surface area contributed by atoms with E-state index in [9.17, 15) is 9.36 Å². The van der Waals surface area contributed by atoms with E-state index < -0.39 is 13.2 Å². The normalized spacial score (nSPS) is 10.9. The molecule has 0 radical (unpaired) electrons. The molecule has 1 rings (SSSR count). The van der Waals surface area contributed by atoms with Crippen LogP contribution >= 0.6 is 7.60 Å². The molecule has 0 atom stereocenters. The van der Waals surface area contributed by atoms with Gasteiger partial charge in [-0.3, -0.25) is 15.6 Å². The summed E-state index contributed by atoms with van der Waals surface area (Å²) >= 11 is 0. The molecule has 0 saturated heterocycles. The Morgan fingerprint density at radius 1 is 1.19 bits per heavy atom. The van der Waals surface area contributed by atoms with E-state index in [1.165, 1.54) is 0 Å². The summed E-state index contributed by atoms with van der Waals surface area (Å²) in [7, 11) is -1.43. The number of benzene rings is 1. The Kier molecular flexibility index (Phi) is 4.49. The smallest absolute Gasteiger partial charge is 0.305 e. The second-order valence-corrected chi connectivity index (χ2v) is 4.92. The summed E-state index contributed by atoms with van der Waals surface area (Å²) in [4.78, 5) is 11.4. The van der Waals surface area contributed by atoms with Crippen LogP contribution in [0.1, 0.15) is 0 Å². The Morgan fingerprint density at radius 3 is 2.25 bits per heavy atom. The summed E-state index contributed by atoms with van der Waals surface area (Å²) in [6.45, 7) is 0. The fraction of sp³-hybridized carbons (Fsp3) is 0.222. The maximum atomic E-state index is 11.6. The van der Waals surface area contributed by atoms with Gasteiger partial charge in [0.15, 0.2) is 0 Å². The van der Waals surface area contributed by atoms with Gasteiger partial charge in [-0.1, -0.05) is 18.2 Å². The number of para-hydroxylation sites is 1. The lowest BCUT2D eigenvalue weighted by Gasteiger charge is -2.14. The van der Waals surface area contributed by atoms with Crippen molar-refractivity contribution in [3.63, 3.8) is 0 Å². The molecule has 0 aliphatic carbocycles. The first kappa shape index (κ1) is 12.7. The fourth-order valence-electron chi connectivity index (χ4n) is 0.956. The van der Waals surface area contributed by atoms with Crippen LogP contribution in [0.5, 0.6) is 0 Å². The molecule has 0 heterocycles. The molecule has 0 aliphatic heterocycles. The Bertz CT molecular complexity index is 388. The largest absolute Gasteiger partial charge is 0.419 e. The van der Waals surface area contributed by atoms with Crippen molar-refractivity contribution in [2.24, 2.45) is 0 Å². The van der Waals surface area contributed by atoms with Gasteiger partial charge in [-0.25, -0.2) is 4.57 Å². The standard InChI is InChI=1S/C9H13N2O4P/c1-14-16(13,15-2)9(12)11-10-8-6-4-3-5-7-8/h3-7,10H,1-2H3,(H,11,12). The van der Waals surface area contributed by atoms with Gasteiger partial charge in [0, 0.05) is 14.2 Å². The number of hydrazine groups is 1. The van der Waals surface area contributed by atoms with E-state index in [-0.39, 0.29) is 0 Å². The lowest BCUT2D eigenvalue weighted by Crippen LogP contribution is -2.28. The van der Waals surface area contributed by atoms with Crippen LogP contribution in [0.4, 0.5) is 10.5 Å². The SMILES string of the molecule is COP(=O)(OC)C(=O)NNc1ccccc1. The van der Waals surface area contributed by atoms with E-state index in [0.29, 0.717) is 5.69 Å². The third kappa shape index (κ3) is 3.06. The van der Waals surface area contributed by atoms with E-state index in [0.717, 1.165) is 14.2 Å². The highest BCUT2D eigenvalue weighted by atomic mass is 31.2. The highest BCUT2D eigenvalue weighted by Gasteiger charge is 2.32. The molecule has 1 aromatic rings. The number of carbonyl (C=O) groups excluding carboxylic acids is 1. The van der Waals surface area contributed by atoms with Gasteiger partial charge in [-0.15, -0.1) is 0 Å². The minimum Gasteiger partial charge on any atom is -0.305 e. The molecule has 7 heteroatoms. The summed E-state index contributed by atoms with van der Waals surface area (Å²) in [5.74, 6) is 0. The maximum Gasteiger partial charge on any atom is 0.419 e. The second-order valence-electron chi connectivity index (χ2n) is 2.78. The molecule has 6 nitrogen and oxygen atoms in total. The topological polar surface area (TPSA) is 76.7 Å². The van der Waals surface area contributed by atoms with Crippen LogP contribution in [-0.4, -0.2) is 19.9 Å². The minimum absolute atomic E-state index is 0.662. The number of amides is 1. The van der Waals surface area contributed by atoms with Crippen molar-refractivity contribution in [1.29, 1.82) is 0 Å². The summed E-state index contributed by atoms with van der Waals surface area (Å²) in [6.07, 6.45) is 0. The van der Waals surface area contributed by atoms with Crippen LogP contribution in [0, 0.1) is 0 Å². The molecule has 0 unspecified atom stereocenters. The van der Waals surface area contributed by atoms with Crippen molar-refractivity contribution in [2.45, 2.75) is 0 Å². The van der Waals surface area contributed by atoms with Gasteiger partial charge in [-0.05, 0) is 12.1 Å². The Morgan fingerprint density at radius 2 is 1.75 bits per heavy atom. The highest BCUT2D eigenvalue weighted by molar-refractivity contribution is 7.71. The Hall–Kier alpha value is -1.36. The Balaban J connectivity index is 2.57. The number of hydrogen-bond donors (Lipinski definition) is 2. The molecular formula is C9H13N2O4P. The molecule has 0 spiro atoms. The zero-order valence-electron chi connectivity index (χ0n) is 8.97. The van der Waals surface area contributed by atoms with Crippen LogP contribution in [0.25, 0.3) is 0 Å². The molecule has 0 bridgehead atoms. The highest BCUT2D eigenvalue weighted by Crippen LogP contribution is 2.46. The van der Waals surface area contributed by atoms with Crippen LogP contribution in [-0.2, 0) is 13.6 Å². The third-order valence-electron chi connectivity index (χ3n) is 1.82. The number of anilines is 1. The van der Waals surface area contributed by atoms with Crippen molar-refractivity contribution >= 4 is 18.9 Å². The summed E-state index contributed by atoms with van der Waals surface area (Å²) < 4.78 is 20.6. The van der Waals surface area contributed by atoms with E-state index in [4.69, 9.17) is 0 Å².